The van der Waals surface area contributed by atoms with Crippen molar-refractivity contribution in [3.8, 4) is 0 Å². The lowest BCUT2D eigenvalue weighted by atomic mass is 9.95. The zero-order valence-electron chi connectivity index (χ0n) is 11.6. The Morgan fingerprint density at radius 3 is 2.60 bits per heavy atom. The quantitative estimate of drug-likeness (QED) is 0.832. The summed E-state index contributed by atoms with van der Waals surface area (Å²) >= 11 is 0. The summed E-state index contributed by atoms with van der Waals surface area (Å²) in [4.78, 5) is 12.1. The molecule has 2 atom stereocenters. The minimum atomic E-state index is -0.293. The Morgan fingerprint density at radius 2 is 1.90 bits per heavy atom. The SMILES string of the molecule is O=C(Cc1ccc(F)cc1)NC1CCCCCC1CO. The van der Waals surface area contributed by atoms with Crippen molar-refractivity contribution in [1.29, 1.82) is 0 Å². The molecule has 3 nitrogen and oxygen atoms in total. The first-order valence-corrected chi connectivity index (χ1v) is 7.33. The number of aliphatic hydroxyl groups excluding tert-OH is 1. The predicted molar refractivity (Wildman–Crippen MR) is 75.7 cm³/mol. The van der Waals surface area contributed by atoms with E-state index in [-0.39, 0.29) is 36.7 Å². The van der Waals surface area contributed by atoms with E-state index in [0.717, 1.165) is 31.2 Å². The monoisotopic (exact) mass is 279 g/mol. The first-order valence-electron chi connectivity index (χ1n) is 7.33. The number of benzene rings is 1. The van der Waals surface area contributed by atoms with Gasteiger partial charge in [-0.1, -0.05) is 31.4 Å². The summed E-state index contributed by atoms with van der Waals surface area (Å²) in [6, 6.07) is 6.06. The van der Waals surface area contributed by atoms with E-state index in [1.807, 2.05) is 0 Å². The number of carbonyl (C=O) groups is 1. The number of carbonyl (C=O) groups excluding carboxylic acids is 1. The smallest absolute Gasteiger partial charge is 0.224 e. The summed E-state index contributed by atoms with van der Waals surface area (Å²) in [5.41, 5.74) is 0.804. The molecule has 0 radical (unpaired) electrons. The molecule has 0 aliphatic heterocycles. The molecule has 1 amide bonds. The second kappa shape index (κ2) is 7.39. The molecule has 4 heteroatoms. The van der Waals surface area contributed by atoms with Crippen molar-refractivity contribution in [2.45, 2.75) is 44.6 Å². The molecule has 2 rings (SSSR count). The van der Waals surface area contributed by atoms with Crippen molar-refractivity contribution in [2.75, 3.05) is 6.61 Å². The fraction of sp³-hybridized carbons (Fsp3) is 0.562. The summed E-state index contributed by atoms with van der Waals surface area (Å²) < 4.78 is 12.8. The van der Waals surface area contributed by atoms with Crippen molar-refractivity contribution >= 4 is 5.91 Å². The fourth-order valence-corrected chi connectivity index (χ4v) is 2.84. The number of nitrogens with one attached hydrogen (secondary N) is 1. The summed E-state index contributed by atoms with van der Waals surface area (Å²) in [7, 11) is 0. The summed E-state index contributed by atoms with van der Waals surface area (Å²) in [5.74, 6) is -0.185. The second-order valence-electron chi connectivity index (χ2n) is 5.56. The molecule has 0 bridgehead atoms. The number of aliphatic hydroxyl groups is 1. The molecule has 2 N–H and O–H groups in total. The Kier molecular flexibility index (Phi) is 5.53. The van der Waals surface area contributed by atoms with Gasteiger partial charge in [-0.3, -0.25) is 4.79 Å². The van der Waals surface area contributed by atoms with Gasteiger partial charge in [0.15, 0.2) is 0 Å². The van der Waals surface area contributed by atoms with E-state index in [0.29, 0.717) is 0 Å². The maximum absolute atomic E-state index is 12.8. The van der Waals surface area contributed by atoms with Gasteiger partial charge in [0.1, 0.15) is 5.82 Å². The van der Waals surface area contributed by atoms with Crippen molar-refractivity contribution in [1.82, 2.24) is 5.32 Å². The topological polar surface area (TPSA) is 49.3 Å². The second-order valence-corrected chi connectivity index (χ2v) is 5.56. The minimum absolute atomic E-state index is 0.0537. The van der Waals surface area contributed by atoms with E-state index in [4.69, 9.17) is 0 Å². The van der Waals surface area contributed by atoms with E-state index in [1.54, 1.807) is 12.1 Å². The number of hydrogen-bond acceptors (Lipinski definition) is 2. The third-order valence-corrected chi connectivity index (χ3v) is 4.02. The Balaban J connectivity index is 1.90. The van der Waals surface area contributed by atoms with Crippen LogP contribution in [0.5, 0.6) is 0 Å². The van der Waals surface area contributed by atoms with Gasteiger partial charge in [0, 0.05) is 18.6 Å². The molecule has 1 aromatic rings. The van der Waals surface area contributed by atoms with Gasteiger partial charge in [-0.2, -0.15) is 0 Å². The normalized spacial score (nSPS) is 23.1. The lowest BCUT2D eigenvalue weighted by Gasteiger charge is -2.24. The highest BCUT2D eigenvalue weighted by Crippen LogP contribution is 2.23. The molecular formula is C16H22FNO2. The zero-order valence-corrected chi connectivity index (χ0v) is 11.6. The first kappa shape index (κ1) is 15.0. The van der Waals surface area contributed by atoms with Crippen LogP contribution in [0, 0.1) is 11.7 Å². The van der Waals surface area contributed by atoms with Crippen LogP contribution in [0.15, 0.2) is 24.3 Å². The molecule has 0 spiro atoms. The highest BCUT2D eigenvalue weighted by molar-refractivity contribution is 5.78. The Morgan fingerprint density at radius 1 is 1.20 bits per heavy atom. The highest BCUT2D eigenvalue weighted by atomic mass is 19.1. The number of rotatable bonds is 4. The fourth-order valence-electron chi connectivity index (χ4n) is 2.84. The minimum Gasteiger partial charge on any atom is -0.396 e. The first-order chi connectivity index (χ1) is 9.69. The van der Waals surface area contributed by atoms with Gasteiger partial charge in [0.25, 0.3) is 0 Å². The van der Waals surface area contributed by atoms with Crippen LogP contribution in [0.4, 0.5) is 4.39 Å². The van der Waals surface area contributed by atoms with Gasteiger partial charge in [0.05, 0.1) is 6.42 Å². The number of amides is 1. The molecule has 1 aliphatic rings. The van der Waals surface area contributed by atoms with E-state index in [9.17, 15) is 14.3 Å². The summed E-state index contributed by atoms with van der Waals surface area (Å²) in [6.07, 6.45) is 5.54. The molecular weight excluding hydrogens is 257 g/mol. The van der Waals surface area contributed by atoms with Crippen LogP contribution < -0.4 is 5.32 Å². The van der Waals surface area contributed by atoms with E-state index < -0.39 is 0 Å². The standard InChI is InChI=1S/C16H22FNO2/c17-14-8-6-12(7-9-14)10-16(20)18-15-5-3-1-2-4-13(15)11-19/h6-9,13,15,19H,1-5,10-11H2,(H,18,20). The van der Waals surface area contributed by atoms with Gasteiger partial charge in [-0.05, 0) is 30.5 Å². The van der Waals surface area contributed by atoms with Crippen molar-refractivity contribution in [3.63, 3.8) is 0 Å². The van der Waals surface area contributed by atoms with Crippen molar-refractivity contribution < 1.29 is 14.3 Å². The number of hydrogen-bond donors (Lipinski definition) is 2. The van der Waals surface area contributed by atoms with E-state index in [2.05, 4.69) is 5.32 Å². The van der Waals surface area contributed by atoms with E-state index >= 15 is 0 Å². The van der Waals surface area contributed by atoms with Crippen LogP contribution in [0.1, 0.15) is 37.7 Å². The lowest BCUT2D eigenvalue weighted by Crippen LogP contribution is -2.41. The van der Waals surface area contributed by atoms with Gasteiger partial charge in [-0.15, -0.1) is 0 Å². The molecule has 2 unspecified atom stereocenters. The third kappa shape index (κ3) is 4.30. The van der Waals surface area contributed by atoms with Crippen molar-refractivity contribution in [3.05, 3.63) is 35.6 Å². The molecule has 20 heavy (non-hydrogen) atoms. The van der Waals surface area contributed by atoms with Crippen LogP contribution in [0.2, 0.25) is 0 Å². The molecule has 0 aromatic heterocycles. The van der Waals surface area contributed by atoms with Crippen LogP contribution in [-0.4, -0.2) is 23.7 Å². The summed E-state index contributed by atoms with van der Waals surface area (Å²) in [5, 5.41) is 12.5. The predicted octanol–water partition coefficient (Wildman–Crippen LogP) is 2.43. The molecule has 1 fully saturated rings. The third-order valence-electron chi connectivity index (χ3n) is 4.02. The van der Waals surface area contributed by atoms with Crippen molar-refractivity contribution in [2.24, 2.45) is 5.92 Å². The maximum atomic E-state index is 12.8. The van der Waals surface area contributed by atoms with Gasteiger partial charge < -0.3 is 10.4 Å². The molecule has 0 heterocycles. The van der Waals surface area contributed by atoms with Gasteiger partial charge in [-0.25, -0.2) is 4.39 Å². The van der Waals surface area contributed by atoms with Crippen LogP contribution in [-0.2, 0) is 11.2 Å². The Bertz CT molecular complexity index is 433. The molecule has 110 valence electrons. The maximum Gasteiger partial charge on any atom is 0.224 e. The average Bonchev–Trinajstić information content (AvgIpc) is 2.66. The Hall–Kier alpha value is -1.42. The van der Waals surface area contributed by atoms with Gasteiger partial charge in [0.2, 0.25) is 5.91 Å². The molecule has 1 saturated carbocycles. The zero-order chi connectivity index (χ0) is 14.4. The van der Waals surface area contributed by atoms with Gasteiger partial charge >= 0.3 is 0 Å². The Labute approximate surface area is 119 Å². The largest absolute Gasteiger partial charge is 0.396 e. The highest BCUT2D eigenvalue weighted by Gasteiger charge is 2.24. The molecule has 1 aromatic carbocycles. The van der Waals surface area contributed by atoms with Crippen LogP contribution in [0.3, 0.4) is 0 Å². The van der Waals surface area contributed by atoms with Crippen LogP contribution in [0.25, 0.3) is 0 Å². The summed E-state index contributed by atoms with van der Waals surface area (Å²) in [6.45, 7) is 0.126. The lowest BCUT2D eigenvalue weighted by molar-refractivity contribution is -0.121. The molecule has 0 saturated heterocycles. The van der Waals surface area contributed by atoms with E-state index in [1.165, 1.54) is 18.6 Å². The molecule has 1 aliphatic carbocycles. The van der Waals surface area contributed by atoms with Crippen LogP contribution >= 0.6 is 0 Å². The number of halogens is 1. The average molecular weight is 279 g/mol.